The van der Waals surface area contributed by atoms with E-state index in [0.29, 0.717) is 0 Å². The zero-order valence-electron chi connectivity index (χ0n) is 9.15. The van der Waals surface area contributed by atoms with Crippen LogP contribution in [0.2, 0.25) is 0 Å². The highest BCUT2D eigenvalue weighted by Crippen LogP contribution is 1.87. The standard InChI is InChI=1S/C5H6ClNO4.C3H9N/c1-11-7-4(5(9)10)3(8)2-6;1-4(2)3/h2H2,1H3,(H,9,10);1-3H3. The van der Waals surface area contributed by atoms with Gasteiger partial charge in [0.25, 0.3) is 0 Å². The molecule has 0 bridgehead atoms. The van der Waals surface area contributed by atoms with Gasteiger partial charge in [0.2, 0.25) is 11.5 Å². The van der Waals surface area contributed by atoms with Crippen molar-refractivity contribution in [3.8, 4) is 0 Å². The topological polar surface area (TPSA) is 79.2 Å². The molecular weight excluding hydrogens is 224 g/mol. The maximum Gasteiger partial charge on any atom is 0.361 e. The molecule has 0 aromatic carbocycles. The van der Waals surface area contributed by atoms with Crippen molar-refractivity contribution in [3.05, 3.63) is 0 Å². The Balaban J connectivity index is 0. The summed E-state index contributed by atoms with van der Waals surface area (Å²) < 4.78 is 0. The largest absolute Gasteiger partial charge is 0.476 e. The zero-order valence-corrected chi connectivity index (χ0v) is 9.91. The fourth-order valence-corrected chi connectivity index (χ4v) is 0.490. The van der Waals surface area contributed by atoms with Crippen LogP contribution in [-0.2, 0) is 14.4 Å². The molecule has 0 aliphatic rings. The van der Waals surface area contributed by atoms with Crippen molar-refractivity contribution in [1.29, 1.82) is 0 Å². The number of oxime groups is 1. The molecule has 0 saturated heterocycles. The lowest BCUT2D eigenvalue weighted by Crippen LogP contribution is -2.25. The maximum atomic E-state index is 10.6. The molecule has 0 atom stereocenters. The lowest BCUT2D eigenvalue weighted by atomic mass is 10.3. The highest BCUT2D eigenvalue weighted by molar-refractivity contribution is 6.67. The van der Waals surface area contributed by atoms with Gasteiger partial charge in [0.05, 0.1) is 5.88 Å². The number of alkyl halides is 1. The van der Waals surface area contributed by atoms with Crippen LogP contribution < -0.4 is 0 Å². The van der Waals surface area contributed by atoms with E-state index >= 15 is 0 Å². The van der Waals surface area contributed by atoms with E-state index in [2.05, 4.69) is 9.99 Å². The Morgan fingerprint density at radius 3 is 2.00 bits per heavy atom. The number of nitrogens with zero attached hydrogens (tertiary/aromatic N) is 2. The van der Waals surface area contributed by atoms with Crippen LogP contribution in [0.4, 0.5) is 0 Å². The van der Waals surface area contributed by atoms with Crippen molar-refractivity contribution in [2.45, 2.75) is 0 Å². The van der Waals surface area contributed by atoms with E-state index in [1.165, 1.54) is 0 Å². The summed E-state index contributed by atoms with van der Waals surface area (Å²) in [5, 5.41) is 11.3. The molecule has 0 aromatic heterocycles. The van der Waals surface area contributed by atoms with Gasteiger partial charge in [0.1, 0.15) is 7.11 Å². The molecule has 6 nitrogen and oxygen atoms in total. The summed E-state index contributed by atoms with van der Waals surface area (Å²) >= 11 is 5.08. The molecule has 88 valence electrons. The van der Waals surface area contributed by atoms with Crippen LogP contribution in [-0.4, -0.2) is 61.6 Å². The Morgan fingerprint density at radius 1 is 1.40 bits per heavy atom. The molecule has 0 aliphatic heterocycles. The lowest BCUT2D eigenvalue weighted by molar-refractivity contribution is -0.130. The van der Waals surface area contributed by atoms with Crippen molar-refractivity contribution in [2.24, 2.45) is 5.16 Å². The summed E-state index contributed by atoms with van der Waals surface area (Å²) in [4.78, 5) is 26.9. The minimum Gasteiger partial charge on any atom is -0.476 e. The summed E-state index contributed by atoms with van der Waals surface area (Å²) in [6.45, 7) is 0. The molecule has 0 heterocycles. The first kappa shape index (κ1) is 16.3. The van der Waals surface area contributed by atoms with E-state index in [9.17, 15) is 9.59 Å². The predicted octanol–water partition coefficient (Wildman–Crippen LogP) is 0.0591. The average Bonchev–Trinajstić information content (AvgIpc) is 2.11. The minimum atomic E-state index is -1.45. The quantitative estimate of drug-likeness (QED) is 0.324. The number of halogens is 1. The van der Waals surface area contributed by atoms with E-state index in [-0.39, 0.29) is 0 Å². The molecule has 1 N–H and O–H groups in total. The Bertz CT molecular complexity index is 238. The average molecular weight is 239 g/mol. The molecule has 15 heavy (non-hydrogen) atoms. The van der Waals surface area contributed by atoms with E-state index < -0.39 is 23.3 Å². The summed E-state index contributed by atoms with van der Waals surface area (Å²) in [6.07, 6.45) is 0. The van der Waals surface area contributed by atoms with Crippen molar-refractivity contribution in [2.75, 3.05) is 34.1 Å². The Morgan fingerprint density at radius 2 is 1.80 bits per heavy atom. The van der Waals surface area contributed by atoms with Crippen LogP contribution in [0.15, 0.2) is 5.16 Å². The van der Waals surface area contributed by atoms with Crippen molar-refractivity contribution in [3.63, 3.8) is 0 Å². The van der Waals surface area contributed by atoms with Gasteiger partial charge in [-0.1, -0.05) is 5.16 Å². The Kier molecular flexibility index (Phi) is 10.2. The summed E-state index contributed by atoms with van der Waals surface area (Å²) in [6, 6.07) is 0. The van der Waals surface area contributed by atoms with Gasteiger partial charge in [0.15, 0.2) is 0 Å². The first-order valence-corrected chi connectivity index (χ1v) is 4.44. The fourth-order valence-electron chi connectivity index (χ4n) is 0.364. The van der Waals surface area contributed by atoms with E-state index in [4.69, 9.17) is 16.7 Å². The number of carboxylic acid groups (broad SMARTS) is 1. The predicted molar refractivity (Wildman–Crippen MR) is 57.4 cm³/mol. The highest BCUT2D eigenvalue weighted by Gasteiger charge is 2.18. The summed E-state index contributed by atoms with van der Waals surface area (Å²) in [7, 11) is 7.14. The first-order chi connectivity index (χ1) is 6.86. The molecule has 0 fully saturated rings. The van der Waals surface area contributed by atoms with Gasteiger partial charge >= 0.3 is 5.97 Å². The molecule has 0 rings (SSSR count). The van der Waals surface area contributed by atoms with E-state index in [1.54, 1.807) is 0 Å². The molecule has 0 radical (unpaired) electrons. The fraction of sp³-hybridized carbons (Fsp3) is 0.625. The van der Waals surface area contributed by atoms with Gasteiger partial charge in [-0.15, -0.1) is 11.6 Å². The van der Waals surface area contributed by atoms with Crippen LogP contribution in [0.3, 0.4) is 0 Å². The monoisotopic (exact) mass is 238 g/mol. The van der Waals surface area contributed by atoms with Crippen molar-refractivity contribution in [1.82, 2.24) is 4.90 Å². The molecular formula is C8H15ClN2O4. The van der Waals surface area contributed by atoms with Gasteiger partial charge in [-0.25, -0.2) is 4.79 Å². The van der Waals surface area contributed by atoms with E-state index in [0.717, 1.165) is 7.11 Å². The van der Waals surface area contributed by atoms with E-state index in [1.807, 2.05) is 26.0 Å². The molecule has 0 spiro atoms. The second-order valence-corrected chi connectivity index (χ2v) is 3.09. The minimum absolute atomic E-state index is 0.422. The number of aliphatic carboxylic acids is 1. The van der Waals surface area contributed by atoms with Gasteiger partial charge in [-0.05, 0) is 21.1 Å². The van der Waals surface area contributed by atoms with Gasteiger partial charge in [-0.3, -0.25) is 4.79 Å². The summed E-state index contributed by atoms with van der Waals surface area (Å²) in [5.74, 6) is -2.65. The maximum absolute atomic E-state index is 10.6. The number of ketones is 1. The lowest BCUT2D eigenvalue weighted by Gasteiger charge is -1.94. The smallest absolute Gasteiger partial charge is 0.361 e. The number of rotatable bonds is 4. The number of carbonyl (C=O) groups excluding carboxylic acids is 1. The van der Waals surface area contributed by atoms with Crippen LogP contribution in [0, 0.1) is 0 Å². The molecule has 7 heteroatoms. The number of hydrogen-bond acceptors (Lipinski definition) is 5. The first-order valence-electron chi connectivity index (χ1n) is 3.91. The second kappa shape index (κ2) is 9.42. The van der Waals surface area contributed by atoms with Crippen LogP contribution in [0.1, 0.15) is 0 Å². The Labute approximate surface area is 93.4 Å². The van der Waals surface area contributed by atoms with Crippen molar-refractivity contribution < 1.29 is 19.5 Å². The third-order valence-corrected chi connectivity index (χ3v) is 1.01. The van der Waals surface area contributed by atoms with Crippen LogP contribution in [0.5, 0.6) is 0 Å². The highest BCUT2D eigenvalue weighted by atomic mass is 35.5. The number of hydrogen-bond donors (Lipinski definition) is 1. The normalized spacial score (nSPS) is 10.4. The van der Waals surface area contributed by atoms with Crippen molar-refractivity contribution >= 4 is 29.1 Å². The number of carboxylic acids is 1. The molecule has 0 aromatic rings. The third kappa shape index (κ3) is 10.8. The van der Waals surface area contributed by atoms with Crippen LogP contribution >= 0.6 is 11.6 Å². The van der Waals surface area contributed by atoms with Crippen LogP contribution in [0.25, 0.3) is 0 Å². The zero-order chi connectivity index (χ0) is 12.4. The molecule has 0 unspecified atom stereocenters. The Hall–Kier alpha value is -1.14. The summed E-state index contributed by atoms with van der Waals surface area (Å²) in [5.41, 5.74) is -0.692. The van der Waals surface area contributed by atoms with Gasteiger partial charge in [0, 0.05) is 0 Å². The molecule has 0 amide bonds. The SMILES string of the molecule is CN(C)C.CON=C(C(=O)O)C(=O)CCl. The molecule has 0 saturated carbocycles. The van der Waals surface area contributed by atoms with Gasteiger partial charge in [-0.2, -0.15) is 0 Å². The van der Waals surface area contributed by atoms with Gasteiger partial charge < -0.3 is 14.8 Å². The number of Topliss-reactive ketones (excluding diaryl/α,β-unsaturated/α-hetero) is 1. The third-order valence-electron chi connectivity index (χ3n) is 0.771. The molecule has 0 aliphatic carbocycles. The second-order valence-electron chi connectivity index (χ2n) is 2.83. The number of carbonyl (C=O) groups is 2.